The molecule has 0 radical (unpaired) electrons. The number of sulfonamides is 1. The second-order valence-electron chi connectivity index (χ2n) is 6.01. The number of hydrogen-bond donors (Lipinski definition) is 1. The van der Waals surface area contributed by atoms with Gasteiger partial charge in [-0.05, 0) is 31.7 Å². The topological polar surface area (TPSA) is 124 Å². The van der Waals surface area contributed by atoms with Crippen LogP contribution in [0.3, 0.4) is 0 Å². The van der Waals surface area contributed by atoms with E-state index in [-0.39, 0.29) is 22.7 Å². The molecule has 1 aliphatic rings. The first kappa shape index (κ1) is 18.2. The molecular formula is C16H18N4O5S. The van der Waals surface area contributed by atoms with Crippen LogP contribution in [0.4, 0.5) is 5.69 Å². The van der Waals surface area contributed by atoms with E-state index in [1.54, 1.807) is 12.4 Å². The van der Waals surface area contributed by atoms with E-state index < -0.39 is 14.9 Å². The van der Waals surface area contributed by atoms with Crippen LogP contribution in [0.2, 0.25) is 0 Å². The van der Waals surface area contributed by atoms with E-state index in [0.29, 0.717) is 31.6 Å². The molecule has 3 rings (SSSR count). The third-order valence-electron chi connectivity index (χ3n) is 4.16. The molecule has 0 saturated heterocycles. The predicted molar refractivity (Wildman–Crippen MR) is 92.1 cm³/mol. The van der Waals surface area contributed by atoms with Crippen LogP contribution >= 0.6 is 0 Å². The third kappa shape index (κ3) is 4.52. The Morgan fingerprint density at radius 2 is 1.96 bits per heavy atom. The summed E-state index contributed by atoms with van der Waals surface area (Å²) in [5.74, 6) is 0.452. The normalized spacial score (nSPS) is 20.5. The lowest BCUT2D eigenvalue weighted by atomic mass is 9.94. The average molecular weight is 378 g/mol. The van der Waals surface area contributed by atoms with Gasteiger partial charge in [-0.15, -0.1) is 0 Å². The van der Waals surface area contributed by atoms with Gasteiger partial charge in [-0.1, -0.05) is 6.07 Å². The van der Waals surface area contributed by atoms with Gasteiger partial charge in [0.25, 0.3) is 5.69 Å². The molecule has 2 aromatic rings. The van der Waals surface area contributed by atoms with Crippen molar-refractivity contribution >= 4 is 15.7 Å². The molecule has 1 aliphatic carbocycles. The maximum atomic E-state index is 12.5. The number of ether oxygens (including phenoxy) is 1. The lowest BCUT2D eigenvalue weighted by Crippen LogP contribution is -2.39. The van der Waals surface area contributed by atoms with Crippen LogP contribution in [0.25, 0.3) is 0 Å². The number of nitrogens with zero attached hydrogens (tertiary/aromatic N) is 3. The molecule has 0 amide bonds. The molecule has 0 atom stereocenters. The largest absolute Gasteiger partial charge is 0.473 e. The highest BCUT2D eigenvalue weighted by Crippen LogP contribution is 2.24. The fourth-order valence-corrected chi connectivity index (χ4v) is 4.21. The highest BCUT2D eigenvalue weighted by molar-refractivity contribution is 7.89. The Balaban J connectivity index is 1.58. The summed E-state index contributed by atoms with van der Waals surface area (Å²) in [5.41, 5.74) is -0.256. The Morgan fingerprint density at radius 3 is 2.62 bits per heavy atom. The number of nitro groups is 1. The van der Waals surface area contributed by atoms with Crippen molar-refractivity contribution in [3.63, 3.8) is 0 Å². The molecule has 26 heavy (non-hydrogen) atoms. The van der Waals surface area contributed by atoms with Gasteiger partial charge in [-0.2, -0.15) is 0 Å². The Hall–Kier alpha value is -2.59. The van der Waals surface area contributed by atoms with Gasteiger partial charge in [0.05, 0.1) is 16.0 Å². The number of nitrogens with one attached hydrogen (secondary N) is 1. The van der Waals surface area contributed by atoms with Gasteiger partial charge < -0.3 is 4.74 Å². The maximum Gasteiger partial charge on any atom is 0.270 e. The molecule has 1 saturated carbocycles. The highest BCUT2D eigenvalue weighted by Gasteiger charge is 2.27. The van der Waals surface area contributed by atoms with Crippen LogP contribution in [0.15, 0.2) is 47.8 Å². The first-order chi connectivity index (χ1) is 12.4. The standard InChI is InChI=1S/C16H18N4O5S/c21-20(22)13-2-1-3-15(10-13)26(23,24)19-12-4-6-14(7-5-12)25-16-11-17-8-9-18-16/h1-3,8-12,14,19H,4-7H2. The summed E-state index contributed by atoms with van der Waals surface area (Å²) in [6.45, 7) is 0. The van der Waals surface area contributed by atoms with E-state index in [1.165, 1.54) is 24.4 Å². The molecule has 138 valence electrons. The molecular weight excluding hydrogens is 360 g/mol. The van der Waals surface area contributed by atoms with Crippen molar-refractivity contribution in [2.45, 2.75) is 42.7 Å². The van der Waals surface area contributed by atoms with Gasteiger partial charge in [0, 0.05) is 30.6 Å². The summed E-state index contributed by atoms with van der Waals surface area (Å²) < 4.78 is 33.3. The minimum absolute atomic E-state index is 0.0368. The van der Waals surface area contributed by atoms with Crippen molar-refractivity contribution in [3.8, 4) is 5.88 Å². The molecule has 0 aliphatic heterocycles. The summed E-state index contributed by atoms with van der Waals surface area (Å²) in [7, 11) is -3.81. The number of nitro benzene ring substituents is 1. The lowest BCUT2D eigenvalue weighted by molar-refractivity contribution is -0.385. The Morgan fingerprint density at radius 1 is 1.19 bits per heavy atom. The zero-order valence-corrected chi connectivity index (χ0v) is 14.6. The molecule has 0 spiro atoms. The second kappa shape index (κ2) is 7.75. The van der Waals surface area contributed by atoms with Crippen molar-refractivity contribution in [2.75, 3.05) is 0 Å². The van der Waals surface area contributed by atoms with Crippen LogP contribution in [0.1, 0.15) is 25.7 Å². The van der Waals surface area contributed by atoms with E-state index >= 15 is 0 Å². The summed E-state index contributed by atoms with van der Waals surface area (Å²) in [5, 5.41) is 10.8. The van der Waals surface area contributed by atoms with Crippen LogP contribution < -0.4 is 9.46 Å². The smallest absolute Gasteiger partial charge is 0.270 e. The van der Waals surface area contributed by atoms with E-state index in [9.17, 15) is 18.5 Å². The van der Waals surface area contributed by atoms with E-state index in [0.717, 1.165) is 6.07 Å². The van der Waals surface area contributed by atoms with Gasteiger partial charge >= 0.3 is 0 Å². The fraction of sp³-hybridized carbons (Fsp3) is 0.375. The van der Waals surface area contributed by atoms with Crippen LogP contribution in [-0.4, -0.2) is 35.5 Å². The number of aromatic nitrogens is 2. The quantitative estimate of drug-likeness (QED) is 0.602. The molecule has 10 heteroatoms. The maximum absolute atomic E-state index is 12.5. The zero-order valence-electron chi connectivity index (χ0n) is 13.8. The van der Waals surface area contributed by atoms with Gasteiger partial charge in [0.2, 0.25) is 15.9 Å². The molecule has 1 N–H and O–H groups in total. The molecule has 0 bridgehead atoms. The lowest BCUT2D eigenvalue weighted by Gasteiger charge is -2.28. The van der Waals surface area contributed by atoms with Crippen molar-refractivity contribution in [3.05, 3.63) is 53.0 Å². The number of hydrogen-bond acceptors (Lipinski definition) is 7. The van der Waals surface area contributed by atoms with Gasteiger partial charge in [0.1, 0.15) is 6.10 Å². The number of non-ortho nitro benzene ring substituents is 1. The Labute approximate surface area is 150 Å². The predicted octanol–water partition coefficient (Wildman–Crippen LogP) is 2.05. The van der Waals surface area contributed by atoms with Crippen molar-refractivity contribution in [1.29, 1.82) is 0 Å². The van der Waals surface area contributed by atoms with Crippen molar-refractivity contribution in [1.82, 2.24) is 14.7 Å². The van der Waals surface area contributed by atoms with Crippen LogP contribution in [0, 0.1) is 10.1 Å². The minimum Gasteiger partial charge on any atom is -0.473 e. The summed E-state index contributed by atoms with van der Waals surface area (Å²) in [6.07, 6.45) is 7.19. The van der Waals surface area contributed by atoms with Gasteiger partial charge in [0.15, 0.2) is 0 Å². The fourth-order valence-electron chi connectivity index (χ4n) is 2.87. The monoisotopic (exact) mass is 378 g/mol. The highest BCUT2D eigenvalue weighted by atomic mass is 32.2. The van der Waals surface area contributed by atoms with E-state index in [1.807, 2.05) is 0 Å². The van der Waals surface area contributed by atoms with Crippen molar-refractivity contribution < 1.29 is 18.1 Å². The van der Waals surface area contributed by atoms with E-state index in [2.05, 4.69) is 14.7 Å². The van der Waals surface area contributed by atoms with E-state index in [4.69, 9.17) is 4.74 Å². The summed E-state index contributed by atoms with van der Waals surface area (Å²) in [4.78, 5) is 18.1. The van der Waals surface area contributed by atoms with Crippen LogP contribution in [0.5, 0.6) is 5.88 Å². The molecule has 0 unspecified atom stereocenters. The SMILES string of the molecule is O=[N+]([O-])c1cccc(S(=O)(=O)NC2CCC(Oc3cnccn3)CC2)c1. The average Bonchev–Trinajstić information content (AvgIpc) is 2.64. The van der Waals surface area contributed by atoms with Crippen molar-refractivity contribution in [2.24, 2.45) is 0 Å². The third-order valence-corrected chi connectivity index (χ3v) is 5.68. The molecule has 9 nitrogen and oxygen atoms in total. The molecule has 1 aromatic heterocycles. The molecule has 1 heterocycles. The molecule has 1 fully saturated rings. The summed E-state index contributed by atoms with van der Waals surface area (Å²) in [6, 6.07) is 4.79. The first-order valence-electron chi connectivity index (χ1n) is 8.13. The minimum atomic E-state index is -3.81. The Bertz CT molecular complexity index is 867. The second-order valence-corrected chi connectivity index (χ2v) is 7.72. The van der Waals surface area contributed by atoms with Gasteiger partial charge in [-0.25, -0.2) is 18.1 Å². The summed E-state index contributed by atoms with van der Waals surface area (Å²) >= 11 is 0. The van der Waals surface area contributed by atoms with Gasteiger partial charge in [-0.3, -0.25) is 15.1 Å². The molecule has 1 aromatic carbocycles. The number of benzene rings is 1. The number of rotatable bonds is 6. The van der Waals surface area contributed by atoms with Crippen LogP contribution in [-0.2, 0) is 10.0 Å². The first-order valence-corrected chi connectivity index (χ1v) is 9.62. The zero-order chi connectivity index (χ0) is 18.6. The Kier molecular flexibility index (Phi) is 5.43.